The van der Waals surface area contributed by atoms with Crippen LogP contribution in [0.15, 0.2) is 28.2 Å². The average molecular weight is 332 g/mol. The van der Waals surface area contributed by atoms with Crippen LogP contribution in [-0.4, -0.2) is 48.5 Å². The van der Waals surface area contributed by atoms with Gasteiger partial charge in [-0.05, 0) is 0 Å². The molecule has 1 aliphatic rings. The molecule has 1 saturated heterocycles. The molecule has 0 spiro atoms. The SMILES string of the molecule is O=c1[nH]c(=O)n([C@@H]2CC(O)[C@H](CO)O2)cc1C#CCc1ncc[nH]1. The van der Waals surface area contributed by atoms with Gasteiger partial charge in [0.15, 0.2) is 0 Å². The van der Waals surface area contributed by atoms with Gasteiger partial charge < -0.3 is 19.9 Å². The lowest BCUT2D eigenvalue weighted by Crippen LogP contribution is -2.33. The Balaban J connectivity index is 1.86. The van der Waals surface area contributed by atoms with Gasteiger partial charge in [-0.1, -0.05) is 11.8 Å². The second-order valence-electron chi connectivity index (χ2n) is 5.34. The van der Waals surface area contributed by atoms with E-state index < -0.39 is 29.7 Å². The summed E-state index contributed by atoms with van der Waals surface area (Å²) in [6.07, 6.45) is 2.62. The molecule has 0 aliphatic carbocycles. The zero-order valence-electron chi connectivity index (χ0n) is 12.6. The molecule has 2 aromatic heterocycles. The fourth-order valence-electron chi connectivity index (χ4n) is 2.46. The minimum atomic E-state index is -0.882. The van der Waals surface area contributed by atoms with Crippen molar-refractivity contribution in [3.63, 3.8) is 0 Å². The molecule has 9 heteroatoms. The standard InChI is InChI=1S/C15H16N4O5/c20-8-11-10(21)6-13(24-11)19-7-9(14(22)18-15(19)23)2-1-3-12-16-4-5-17-12/h4-5,7,10-11,13,20-21H,3,6,8H2,(H,16,17)(H,18,22,23)/t10?,11-,13-/m0/s1. The van der Waals surface area contributed by atoms with Crippen molar-refractivity contribution in [2.24, 2.45) is 0 Å². The van der Waals surface area contributed by atoms with Gasteiger partial charge in [0.1, 0.15) is 23.7 Å². The Morgan fingerprint density at radius 2 is 2.29 bits per heavy atom. The number of rotatable bonds is 3. The van der Waals surface area contributed by atoms with E-state index in [9.17, 15) is 14.7 Å². The van der Waals surface area contributed by atoms with Crippen molar-refractivity contribution < 1.29 is 14.9 Å². The first-order valence-corrected chi connectivity index (χ1v) is 7.35. The highest BCUT2D eigenvalue weighted by atomic mass is 16.5. The minimum absolute atomic E-state index is 0.103. The molecule has 126 valence electrons. The highest BCUT2D eigenvalue weighted by Crippen LogP contribution is 2.27. The highest BCUT2D eigenvalue weighted by Gasteiger charge is 2.35. The summed E-state index contributed by atoms with van der Waals surface area (Å²) in [6, 6.07) is 0. The number of hydrogen-bond acceptors (Lipinski definition) is 6. The topological polar surface area (TPSA) is 133 Å². The molecule has 0 amide bonds. The van der Waals surface area contributed by atoms with Crippen LogP contribution in [0.2, 0.25) is 0 Å². The first-order chi connectivity index (χ1) is 11.6. The number of H-pyrrole nitrogens is 2. The van der Waals surface area contributed by atoms with Crippen LogP contribution in [0, 0.1) is 11.8 Å². The minimum Gasteiger partial charge on any atom is -0.394 e. The molecular weight excluding hydrogens is 316 g/mol. The molecule has 0 radical (unpaired) electrons. The summed E-state index contributed by atoms with van der Waals surface area (Å²) in [4.78, 5) is 32.9. The van der Waals surface area contributed by atoms with Gasteiger partial charge in [-0.25, -0.2) is 9.78 Å². The summed E-state index contributed by atoms with van der Waals surface area (Å²) in [7, 11) is 0. The lowest BCUT2D eigenvalue weighted by atomic mass is 10.2. The zero-order chi connectivity index (χ0) is 17.1. The largest absolute Gasteiger partial charge is 0.394 e. The third kappa shape index (κ3) is 3.30. The number of imidazole rings is 1. The summed E-state index contributed by atoms with van der Waals surface area (Å²) in [5.41, 5.74) is -1.15. The van der Waals surface area contributed by atoms with Crippen molar-refractivity contribution in [2.45, 2.75) is 31.3 Å². The van der Waals surface area contributed by atoms with E-state index in [4.69, 9.17) is 9.84 Å². The van der Waals surface area contributed by atoms with E-state index in [0.717, 1.165) is 4.57 Å². The van der Waals surface area contributed by atoms with E-state index in [1.807, 2.05) is 0 Å². The summed E-state index contributed by atoms with van der Waals surface area (Å²) >= 11 is 0. The molecule has 3 heterocycles. The molecular formula is C15H16N4O5. The Morgan fingerprint density at radius 1 is 1.46 bits per heavy atom. The number of aromatic amines is 2. The lowest BCUT2D eigenvalue weighted by molar-refractivity contribution is -0.0459. The molecule has 1 unspecified atom stereocenters. The predicted octanol–water partition coefficient (Wildman–Crippen LogP) is -1.51. The molecule has 9 nitrogen and oxygen atoms in total. The Morgan fingerprint density at radius 3 is 2.96 bits per heavy atom. The smallest absolute Gasteiger partial charge is 0.330 e. The molecule has 1 aliphatic heterocycles. The van der Waals surface area contributed by atoms with Crippen LogP contribution < -0.4 is 11.2 Å². The molecule has 3 atom stereocenters. The van der Waals surface area contributed by atoms with Crippen molar-refractivity contribution >= 4 is 0 Å². The van der Waals surface area contributed by atoms with Gasteiger partial charge in [0.2, 0.25) is 0 Å². The number of aromatic nitrogens is 4. The monoisotopic (exact) mass is 332 g/mol. The van der Waals surface area contributed by atoms with Crippen LogP contribution in [-0.2, 0) is 11.2 Å². The van der Waals surface area contributed by atoms with Gasteiger partial charge >= 0.3 is 5.69 Å². The molecule has 24 heavy (non-hydrogen) atoms. The fraction of sp³-hybridized carbons (Fsp3) is 0.400. The van der Waals surface area contributed by atoms with Crippen molar-refractivity contribution in [3.05, 3.63) is 50.8 Å². The molecule has 0 aromatic carbocycles. The van der Waals surface area contributed by atoms with Gasteiger partial charge in [0.25, 0.3) is 5.56 Å². The number of hydrogen-bond donors (Lipinski definition) is 4. The fourth-order valence-corrected chi connectivity index (χ4v) is 2.46. The Bertz CT molecular complexity index is 874. The summed E-state index contributed by atoms with van der Waals surface area (Å²) in [6.45, 7) is -0.356. The van der Waals surface area contributed by atoms with Gasteiger partial charge in [0.05, 0.1) is 19.1 Å². The average Bonchev–Trinajstić information content (AvgIpc) is 3.18. The van der Waals surface area contributed by atoms with Crippen molar-refractivity contribution in [1.82, 2.24) is 19.5 Å². The second-order valence-corrected chi connectivity index (χ2v) is 5.34. The Hall–Kier alpha value is -2.67. The lowest BCUT2D eigenvalue weighted by Gasteiger charge is -2.14. The van der Waals surface area contributed by atoms with Crippen LogP contribution in [0.4, 0.5) is 0 Å². The molecule has 4 N–H and O–H groups in total. The van der Waals surface area contributed by atoms with Crippen LogP contribution in [0.5, 0.6) is 0 Å². The van der Waals surface area contributed by atoms with E-state index in [2.05, 4.69) is 26.8 Å². The summed E-state index contributed by atoms with van der Waals surface area (Å²) in [5, 5.41) is 18.9. The van der Waals surface area contributed by atoms with Crippen LogP contribution in [0.3, 0.4) is 0 Å². The molecule has 3 rings (SSSR count). The second kappa shape index (κ2) is 6.84. The van der Waals surface area contributed by atoms with Crippen LogP contribution in [0.1, 0.15) is 24.0 Å². The normalized spacial score (nSPS) is 23.0. The quantitative estimate of drug-likeness (QED) is 0.505. The maximum Gasteiger partial charge on any atom is 0.330 e. The molecule has 1 fully saturated rings. The molecule has 2 aromatic rings. The van der Waals surface area contributed by atoms with Gasteiger partial charge in [-0.3, -0.25) is 14.3 Å². The maximum absolute atomic E-state index is 12.0. The van der Waals surface area contributed by atoms with Gasteiger partial charge in [0, 0.05) is 25.0 Å². The number of nitrogens with zero attached hydrogens (tertiary/aromatic N) is 2. The van der Waals surface area contributed by atoms with Crippen LogP contribution in [0.25, 0.3) is 0 Å². The maximum atomic E-state index is 12.0. The van der Waals surface area contributed by atoms with E-state index in [0.29, 0.717) is 12.2 Å². The summed E-state index contributed by atoms with van der Waals surface area (Å²) < 4.78 is 6.59. The Kier molecular flexibility index (Phi) is 4.61. The first kappa shape index (κ1) is 16.2. The zero-order valence-corrected chi connectivity index (χ0v) is 12.6. The first-order valence-electron chi connectivity index (χ1n) is 7.35. The summed E-state index contributed by atoms with van der Waals surface area (Å²) in [5.74, 6) is 6.17. The predicted molar refractivity (Wildman–Crippen MR) is 82.1 cm³/mol. The van der Waals surface area contributed by atoms with E-state index >= 15 is 0 Å². The van der Waals surface area contributed by atoms with Crippen molar-refractivity contribution in [3.8, 4) is 11.8 Å². The number of aliphatic hydroxyl groups excluding tert-OH is 2. The number of nitrogens with one attached hydrogen (secondary N) is 2. The highest BCUT2D eigenvalue weighted by molar-refractivity contribution is 5.30. The Labute approximate surface area is 136 Å². The van der Waals surface area contributed by atoms with Crippen molar-refractivity contribution in [1.29, 1.82) is 0 Å². The number of aliphatic hydroxyl groups is 2. The van der Waals surface area contributed by atoms with Gasteiger partial charge in [-0.15, -0.1) is 0 Å². The van der Waals surface area contributed by atoms with Gasteiger partial charge in [-0.2, -0.15) is 0 Å². The number of ether oxygens (including phenoxy) is 1. The van der Waals surface area contributed by atoms with Crippen molar-refractivity contribution in [2.75, 3.05) is 6.61 Å². The van der Waals surface area contributed by atoms with E-state index in [-0.39, 0.29) is 18.6 Å². The third-order valence-corrected chi connectivity index (χ3v) is 3.70. The molecule has 0 saturated carbocycles. The van der Waals surface area contributed by atoms with Crippen LogP contribution >= 0.6 is 0 Å². The van der Waals surface area contributed by atoms with E-state index in [1.54, 1.807) is 12.4 Å². The third-order valence-electron chi connectivity index (χ3n) is 3.70. The molecule has 0 bridgehead atoms. The van der Waals surface area contributed by atoms with E-state index in [1.165, 1.54) is 6.20 Å².